The Bertz CT molecular complexity index is 629. The molecule has 0 unspecified atom stereocenters. The number of fused-ring (bicyclic) bond motifs is 1. The molecular formula is C18H25NO4. The van der Waals surface area contributed by atoms with E-state index in [0.717, 1.165) is 23.1 Å². The summed E-state index contributed by atoms with van der Waals surface area (Å²) in [6.45, 7) is 11.8. The minimum atomic E-state index is -0.554. The first-order valence-electron chi connectivity index (χ1n) is 7.93. The highest BCUT2D eigenvalue weighted by Crippen LogP contribution is 2.39. The van der Waals surface area contributed by atoms with Crippen LogP contribution >= 0.6 is 0 Å². The lowest BCUT2D eigenvalue weighted by molar-refractivity contribution is 0.0583. The van der Waals surface area contributed by atoms with Crippen molar-refractivity contribution in [1.82, 2.24) is 0 Å². The summed E-state index contributed by atoms with van der Waals surface area (Å²) in [6, 6.07) is 1.82. The number of amides is 1. The summed E-state index contributed by atoms with van der Waals surface area (Å²) in [6.07, 6.45) is 1.04. The summed E-state index contributed by atoms with van der Waals surface area (Å²) in [7, 11) is 0. The Morgan fingerprint density at radius 2 is 2.00 bits per heavy atom. The molecule has 1 aromatic rings. The van der Waals surface area contributed by atoms with Gasteiger partial charge in [-0.05, 0) is 65.2 Å². The monoisotopic (exact) mass is 319 g/mol. The first-order valence-corrected chi connectivity index (χ1v) is 7.93. The van der Waals surface area contributed by atoms with Gasteiger partial charge in [-0.2, -0.15) is 0 Å². The molecular weight excluding hydrogens is 294 g/mol. The summed E-state index contributed by atoms with van der Waals surface area (Å²) in [5.74, 6) is 0.581. The van der Waals surface area contributed by atoms with Crippen molar-refractivity contribution in [3.8, 4) is 5.75 Å². The van der Waals surface area contributed by atoms with Crippen molar-refractivity contribution in [2.45, 2.75) is 59.7 Å². The Kier molecular flexibility index (Phi) is 4.68. The minimum absolute atomic E-state index is 0.0190. The molecule has 2 rings (SSSR count). The second kappa shape index (κ2) is 6.22. The molecule has 0 N–H and O–H groups in total. The van der Waals surface area contributed by atoms with Crippen molar-refractivity contribution in [2.75, 3.05) is 11.4 Å². The number of nitrogens with zero attached hydrogens (tertiary/aromatic N) is 1. The molecule has 0 aromatic heterocycles. The molecule has 23 heavy (non-hydrogen) atoms. The third-order valence-electron chi connectivity index (χ3n) is 3.55. The predicted molar refractivity (Wildman–Crippen MR) is 89.6 cm³/mol. The Morgan fingerprint density at radius 3 is 2.52 bits per heavy atom. The molecule has 0 saturated carbocycles. The first-order chi connectivity index (χ1) is 10.6. The fourth-order valence-electron chi connectivity index (χ4n) is 2.80. The predicted octanol–water partition coefficient (Wildman–Crippen LogP) is 3.89. The van der Waals surface area contributed by atoms with Crippen molar-refractivity contribution < 1.29 is 19.1 Å². The standard InChI is InChI=1S/C18H25NO4/c1-11(2)22-15-9-12(3)16-13(14(15)10-20)7-8-19(16)17(21)23-18(4,5)6/h9-11H,7-8H2,1-6H3. The molecule has 1 aliphatic heterocycles. The maximum atomic E-state index is 12.4. The average molecular weight is 319 g/mol. The van der Waals surface area contributed by atoms with Gasteiger partial charge in [-0.15, -0.1) is 0 Å². The van der Waals surface area contributed by atoms with Gasteiger partial charge in [0.2, 0.25) is 0 Å². The molecule has 1 aliphatic rings. The second-order valence-corrected chi connectivity index (χ2v) is 7.10. The summed E-state index contributed by atoms with van der Waals surface area (Å²) in [4.78, 5) is 25.6. The lowest BCUT2D eigenvalue weighted by atomic mass is 10.0. The molecule has 5 heteroatoms. The van der Waals surface area contributed by atoms with E-state index in [1.54, 1.807) is 4.90 Å². The van der Waals surface area contributed by atoms with Gasteiger partial charge in [0.05, 0.1) is 17.4 Å². The van der Waals surface area contributed by atoms with Crippen LogP contribution in [0.1, 0.15) is 56.1 Å². The lowest BCUT2D eigenvalue weighted by Gasteiger charge is -2.26. The molecule has 1 heterocycles. The molecule has 5 nitrogen and oxygen atoms in total. The van der Waals surface area contributed by atoms with Crippen LogP contribution in [0.25, 0.3) is 0 Å². The topological polar surface area (TPSA) is 55.8 Å². The van der Waals surface area contributed by atoms with E-state index >= 15 is 0 Å². The van der Waals surface area contributed by atoms with Crippen LogP contribution < -0.4 is 9.64 Å². The molecule has 126 valence electrons. The number of aldehydes is 1. The molecule has 0 aliphatic carbocycles. The first kappa shape index (κ1) is 17.3. The highest BCUT2D eigenvalue weighted by Gasteiger charge is 2.33. The van der Waals surface area contributed by atoms with Crippen molar-refractivity contribution >= 4 is 18.1 Å². The van der Waals surface area contributed by atoms with E-state index in [9.17, 15) is 9.59 Å². The Hall–Kier alpha value is -2.04. The van der Waals surface area contributed by atoms with Gasteiger partial charge in [0.1, 0.15) is 11.4 Å². The maximum absolute atomic E-state index is 12.4. The Labute approximate surface area is 137 Å². The third-order valence-corrected chi connectivity index (χ3v) is 3.55. The SMILES string of the molecule is Cc1cc(OC(C)C)c(C=O)c2c1N(C(=O)OC(C)(C)C)CC2. The van der Waals surface area contributed by atoms with E-state index in [1.165, 1.54) is 0 Å². The van der Waals surface area contributed by atoms with Gasteiger partial charge in [-0.3, -0.25) is 9.69 Å². The van der Waals surface area contributed by atoms with Crippen molar-refractivity contribution in [3.63, 3.8) is 0 Å². The van der Waals surface area contributed by atoms with E-state index in [-0.39, 0.29) is 12.2 Å². The zero-order valence-corrected chi connectivity index (χ0v) is 14.7. The molecule has 0 atom stereocenters. The maximum Gasteiger partial charge on any atom is 0.414 e. The number of rotatable bonds is 3. The van der Waals surface area contributed by atoms with Gasteiger partial charge in [-0.1, -0.05) is 0 Å². The summed E-state index contributed by atoms with van der Waals surface area (Å²) >= 11 is 0. The van der Waals surface area contributed by atoms with Gasteiger partial charge >= 0.3 is 6.09 Å². The summed E-state index contributed by atoms with van der Waals surface area (Å²) in [5, 5.41) is 0. The van der Waals surface area contributed by atoms with Gasteiger partial charge < -0.3 is 9.47 Å². The van der Waals surface area contributed by atoms with Crippen LogP contribution in [-0.2, 0) is 11.2 Å². The largest absolute Gasteiger partial charge is 0.490 e. The number of hydrogen-bond acceptors (Lipinski definition) is 4. The highest BCUT2D eigenvalue weighted by molar-refractivity contribution is 5.96. The lowest BCUT2D eigenvalue weighted by Crippen LogP contribution is -2.36. The number of benzene rings is 1. The summed E-state index contributed by atoms with van der Waals surface area (Å²) in [5.41, 5.74) is 2.52. The van der Waals surface area contributed by atoms with E-state index in [1.807, 2.05) is 47.6 Å². The fourth-order valence-corrected chi connectivity index (χ4v) is 2.80. The van der Waals surface area contributed by atoms with Crippen molar-refractivity contribution in [2.24, 2.45) is 0 Å². The molecule has 0 fully saturated rings. The van der Waals surface area contributed by atoms with Crippen LogP contribution in [0.4, 0.5) is 10.5 Å². The normalized spacial score (nSPS) is 14.0. The zero-order valence-electron chi connectivity index (χ0n) is 14.7. The van der Waals surface area contributed by atoms with Crippen LogP contribution in [-0.4, -0.2) is 30.6 Å². The molecule has 0 bridgehead atoms. The molecule has 0 spiro atoms. The third kappa shape index (κ3) is 3.66. The quantitative estimate of drug-likeness (QED) is 0.793. The van der Waals surface area contributed by atoms with Gasteiger partial charge in [0.25, 0.3) is 0 Å². The molecule has 0 saturated heterocycles. The van der Waals surface area contributed by atoms with E-state index < -0.39 is 5.60 Å². The Morgan fingerprint density at radius 1 is 1.35 bits per heavy atom. The van der Waals surface area contributed by atoms with E-state index in [0.29, 0.717) is 24.3 Å². The molecule has 1 amide bonds. The van der Waals surface area contributed by atoms with Crippen LogP contribution in [0.5, 0.6) is 5.75 Å². The highest BCUT2D eigenvalue weighted by atomic mass is 16.6. The number of aryl methyl sites for hydroxylation is 1. The van der Waals surface area contributed by atoms with Gasteiger partial charge in [0.15, 0.2) is 6.29 Å². The number of ether oxygens (including phenoxy) is 2. The molecule has 1 aromatic carbocycles. The van der Waals surface area contributed by atoms with Gasteiger partial charge in [-0.25, -0.2) is 4.79 Å². The van der Waals surface area contributed by atoms with Crippen LogP contribution in [0.2, 0.25) is 0 Å². The van der Waals surface area contributed by atoms with Crippen LogP contribution in [0, 0.1) is 6.92 Å². The fraction of sp³-hybridized carbons (Fsp3) is 0.556. The van der Waals surface area contributed by atoms with E-state index in [2.05, 4.69) is 0 Å². The second-order valence-electron chi connectivity index (χ2n) is 7.10. The molecule has 0 radical (unpaired) electrons. The number of anilines is 1. The van der Waals surface area contributed by atoms with Crippen LogP contribution in [0.15, 0.2) is 6.07 Å². The minimum Gasteiger partial charge on any atom is -0.490 e. The average Bonchev–Trinajstić information content (AvgIpc) is 2.81. The zero-order chi connectivity index (χ0) is 17.4. The number of carbonyl (C=O) groups is 2. The smallest absolute Gasteiger partial charge is 0.414 e. The van der Waals surface area contributed by atoms with Crippen molar-refractivity contribution in [3.05, 3.63) is 22.8 Å². The van der Waals surface area contributed by atoms with Crippen LogP contribution in [0.3, 0.4) is 0 Å². The van der Waals surface area contributed by atoms with Gasteiger partial charge in [0, 0.05) is 6.54 Å². The van der Waals surface area contributed by atoms with Crippen molar-refractivity contribution in [1.29, 1.82) is 0 Å². The van der Waals surface area contributed by atoms with E-state index in [4.69, 9.17) is 9.47 Å². The number of carbonyl (C=O) groups excluding carboxylic acids is 2. The Balaban J connectivity index is 2.44. The number of hydrogen-bond donors (Lipinski definition) is 0. The summed E-state index contributed by atoms with van der Waals surface area (Å²) < 4.78 is 11.2.